The molecule has 1 aliphatic rings. The summed E-state index contributed by atoms with van der Waals surface area (Å²) >= 11 is 1.74. The van der Waals surface area contributed by atoms with Crippen LogP contribution in [-0.2, 0) is 0 Å². The summed E-state index contributed by atoms with van der Waals surface area (Å²) in [6, 6.07) is 16.8. The molecule has 0 amide bonds. The number of aromatic nitrogens is 2. The average molecular weight is 319 g/mol. The Labute approximate surface area is 140 Å². The van der Waals surface area contributed by atoms with Gasteiger partial charge in [-0.3, -0.25) is 0 Å². The lowest BCUT2D eigenvalue weighted by molar-refractivity contribution is 0.757. The molecule has 23 heavy (non-hydrogen) atoms. The molecule has 0 atom stereocenters. The van der Waals surface area contributed by atoms with Crippen LogP contribution in [0.2, 0.25) is 0 Å². The molecule has 0 N–H and O–H groups in total. The Morgan fingerprint density at radius 3 is 2.57 bits per heavy atom. The van der Waals surface area contributed by atoms with Gasteiger partial charge in [-0.05, 0) is 36.6 Å². The third kappa shape index (κ3) is 2.70. The van der Waals surface area contributed by atoms with Gasteiger partial charge < -0.3 is 0 Å². The summed E-state index contributed by atoms with van der Waals surface area (Å²) in [7, 11) is 0. The van der Waals surface area contributed by atoms with E-state index in [-0.39, 0.29) is 0 Å². The van der Waals surface area contributed by atoms with Crippen molar-refractivity contribution in [2.75, 3.05) is 5.75 Å². The molecular weight excluding hydrogens is 302 g/mol. The third-order valence-corrected chi connectivity index (χ3v) is 5.09. The van der Waals surface area contributed by atoms with Crippen LogP contribution >= 0.6 is 11.8 Å². The SMILES string of the molecule is Cc1ccc(C2=Nn3cc(-c4ccccc4)nc3SC2)cc1C. The lowest BCUT2D eigenvalue weighted by atomic mass is 10.0. The second kappa shape index (κ2) is 5.70. The molecule has 0 unspecified atom stereocenters. The number of benzene rings is 2. The zero-order valence-corrected chi connectivity index (χ0v) is 14.0. The normalized spacial score (nSPS) is 13.6. The molecular formula is C19H17N3S. The predicted octanol–water partition coefficient (Wildman–Crippen LogP) is 4.53. The number of rotatable bonds is 2. The molecule has 4 heteroatoms. The minimum absolute atomic E-state index is 0.855. The van der Waals surface area contributed by atoms with Crippen LogP contribution in [0.5, 0.6) is 0 Å². The van der Waals surface area contributed by atoms with Gasteiger partial charge in [-0.15, -0.1) is 0 Å². The highest BCUT2D eigenvalue weighted by molar-refractivity contribution is 7.99. The molecule has 3 aromatic rings. The molecule has 1 aliphatic heterocycles. The van der Waals surface area contributed by atoms with Gasteiger partial charge in [0, 0.05) is 11.3 Å². The van der Waals surface area contributed by atoms with Crippen molar-refractivity contribution in [2.45, 2.75) is 19.0 Å². The molecule has 3 nitrogen and oxygen atoms in total. The molecule has 114 valence electrons. The van der Waals surface area contributed by atoms with Crippen molar-refractivity contribution in [3.05, 3.63) is 71.4 Å². The average Bonchev–Trinajstić information content (AvgIpc) is 3.01. The summed E-state index contributed by atoms with van der Waals surface area (Å²) < 4.78 is 1.90. The van der Waals surface area contributed by atoms with Gasteiger partial charge in [0.2, 0.25) is 0 Å². The maximum Gasteiger partial charge on any atom is 0.189 e. The molecule has 0 saturated carbocycles. The fourth-order valence-corrected chi connectivity index (χ4v) is 3.50. The zero-order chi connectivity index (χ0) is 15.8. The van der Waals surface area contributed by atoms with E-state index in [0.29, 0.717) is 0 Å². The second-order valence-corrected chi connectivity index (χ2v) is 6.70. The fraction of sp³-hybridized carbons (Fsp3) is 0.158. The lowest BCUT2D eigenvalue weighted by Crippen LogP contribution is -2.13. The summed E-state index contributed by atoms with van der Waals surface area (Å²) in [5, 5.41) is 5.74. The standard InChI is InChI=1S/C19H17N3S/c1-13-8-9-16(10-14(13)2)18-12-23-19-20-17(11-22(19)21-18)15-6-4-3-5-7-15/h3-11H,12H2,1-2H3. The minimum atomic E-state index is 0.855. The highest BCUT2D eigenvalue weighted by atomic mass is 32.2. The first kappa shape index (κ1) is 14.3. The monoisotopic (exact) mass is 319 g/mol. The van der Waals surface area contributed by atoms with Crippen molar-refractivity contribution >= 4 is 17.5 Å². The van der Waals surface area contributed by atoms with E-state index in [9.17, 15) is 0 Å². The van der Waals surface area contributed by atoms with Gasteiger partial charge in [-0.1, -0.05) is 54.2 Å². The van der Waals surface area contributed by atoms with E-state index < -0.39 is 0 Å². The van der Waals surface area contributed by atoms with Crippen molar-refractivity contribution < 1.29 is 0 Å². The zero-order valence-electron chi connectivity index (χ0n) is 13.2. The van der Waals surface area contributed by atoms with Crippen LogP contribution in [0.3, 0.4) is 0 Å². The molecule has 0 aliphatic carbocycles. The molecule has 0 spiro atoms. The second-order valence-electron chi connectivity index (χ2n) is 5.75. The van der Waals surface area contributed by atoms with Crippen LogP contribution in [0.15, 0.2) is 65.0 Å². The van der Waals surface area contributed by atoms with Gasteiger partial charge >= 0.3 is 0 Å². The van der Waals surface area contributed by atoms with E-state index in [4.69, 9.17) is 10.1 Å². The summed E-state index contributed by atoms with van der Waals surface area (Å²) in [5.41, 5.74) is 7.00. The van der Waals surface area contributed by atoms with Gasteiger partial charge in [-0.25, -0.2) is 9.66 Å². The number of thioether (sulfide) groups is 1. The van der Waals surface area contributed by atoms with Crippen molar-refractivity contribution in [2.24, 2.45) is 5.10 Å². The molecule has 0 fully saturated rings. The van der Waals surface area contributed by atoms with Crippen LogP contribution in [0, 0.1) is 13.8 Å². The van der Waals surface area contributed by atoms with E-state index in [0.717, 1.165) is 27.9 Å². The highest BCUT2D eigenvalue weighted by Crippen LogP contribution is 2.28. The molecule has 0 radical (unpaired) electrons. The van der Waals surface area contributed by atoms with Crippen molar-refractivity contribution in [3.63, 3.8) is 0 Å². The Morgan fingerprint density at radius 2 is 1.78 bits per heavy atom. The van der Waals surface area contributed by atoms with E-state index in [1.165, 1.54) is 16.7 Å². The van der Waals surface area contributed by atoms with Gasteiger partial charge in [0.05, 0.1) is 17.6 Å². The van der Waals surface area contributed by atoms with Crippen LogP contribution < -0.4 is 0 Å². The third-order valence-electron chi connectivity index (χ3n) is 4.13. The topological polar surface area (TPSA) is 30.2 Å². The highest BCUT2D eigenvalue weighted by Gasteiger charge is 2.17. The predicted molar refractivity (Wildman–Crippen MR) is 96.2 cm³/mol. The summed E-state index contributed by atoms with van der Waals surface area (Å²) in [4.78, 5) is 4.70. The molecule has 0 bridgehead atoms. The van der Waals surface area contributed by atoms with Crippen molar-refractivity contribution in [1.82, 2.24) is 9.66 Å². The number of nitrogens with zero attached hydrogens (tertiary/aromatic N) is 3. The van der Waals surface area contributed by atoms with Crippen LogP contribution in [0.1, 0.15) is 16.7 Å². The van der Waals surface area contributed by atoms with E-state index in [2.05, 4.69) is 44.2 Å². The first-order chi connectivity index (χ1) is 11.2. The van der Waals surface area contributed by atoms with Crippen LogP contribution in [0.25, 0.3) is 11.3 Å². The van der Waals surface area contributed by atoms with Gasteiger partial charge in [0.25, 0.3) is 0 Å². The van der Waals surface area contributed by atoms with Gasteiger partial charge in [-0.2, -0.15) is 5.10 Å². The number of fused-ring (bicyclic) bond motifs is 1. The Balaban J connectivity index is 1.72. The molecule has 2 aromatic carbocycles. The molecule has 1 aromatic heterocycles. The molecule has 0 saturated heterocycles. The number of hydrogen-bond acceptors (Lipinski definition) is 3. The summed E-state index contributed by atoms with van der Waals surface area (Å²) in [5.74, 6) is 0.855. The van der Waals surface area contributed by atoms with E-state index in [1.807, 2.05) is 29.1 Å². The maximum atomic E-state index is 4.78. The summed E-state index contributed by atoms with van der Waals surface area (Å²) in [6.45, 7) is 4.28. The Hall–Kier alpha value is -2.33. The van der Waals surface area contributed by atoms with Crippen LogP contribution in [-0.4, -0.2) is 21.1 Å². The largest absolute Gasteiger partial charge is 0.221 e. The van der Waals surface area contributed by atoms with Gasteiger partial charge in [0.15, 0.2) is 5.16 Å². The van der Waals surface area contributed by atoms with Crippen molar-refractivity contribution in [3.8, 4) is 11.3 Å². The maximum absolute atomic E-state index is 4.78. The van der Waals surface area contributed by atoms with E-state index >= 15 is 0 Å². The molecule has 2 heterocycles. The lowest BCUT2D eigenvalue weighted by Gasteiger charge is -2.13. The van der Waals surface area contributed by atoms with Crippen LogP contribution in [0.4, 0.5) is 0 Å². The first-order valence-electron chi connectivity index (χ1n) is 7.64. The molecule has 4 rings (SSSR count). The van der Waals surface area contributed by atoms with Crippen molar-refractivity contribution in [1.29, 1.82) is 0 Å². The number of hydrogen-bond donors (Lipinski definition) is 0. The first-order valence-corrected chi connectivity index (χ1v) is 8.62. The number of aryl methyl sites for hydroxylation is 2. The van der Waals surface area contributed by atoms with E-state index in [1.54, 1.807) is 11.8 Å². The summed E-state index contributed by atoms with van der Waals surface area (Å²) in [6.07, 6.45) is 2.01. The quantitative estimate of drug-likeness (QED) is 0.695. The Kier molecular flexibility index (Phi) is 3.54. The smallest absolute Gasteiger partial charge is 0.189 e. The fourth-order valence-electron chi connectivity index (χ4n) is 2.63. The minimum Gasteiger partial charge on any atom is -0.221 e. The van der Waals surface area contributed by atoms with Gasteiger partial charge in [0.1, 0.15) is 0 Å². The number of imidazole rings is 1. The Bertz CT molecular complexity index is 894. The Morgan fingerprint density at radius 1 is 0.957 bits per heavy atom.